The highest BCUT2D eigenvalue weighted by atomic mass is 35.5. The zero-order valence-electron chi connectivity index (χ0n) is 9.31. The minimum Gasteiger partial charge on any atom is -0.476 e. The van der Waals surface area contributed by atoms with Gasteiger partial charge in [0.15, 0.2) is 5.69 Å². The number of aromatic carboxylic acids is 1. The summed E-state index contributed by atoms with van der Waals surface area (Å²) in [7, 11) is 0. The molecule has 0 spiro atoms. The summed E-state index contributed by atoms with van der Waals surface area (Å²) in [4.78, 5) is 10.9. The summed E-state index contributed by atoms with van der Waals surface area (Å²) in [5.74, 6) is -1.09. The van der Waals surface area contributed by atoms with Gasteiger partial charge >= 0.3 is 5.97 Å². The number of benzene rings is 1. The maximum absolute atomic E-state index is 10.9. The van der Waals surface area contributed by atoms with Crippen LogP contribution < -0.4 is 0 Å². The largest absolute Gasteiger partial charge is 0.476 e. The summed E-state index contributed by atoms with van der Waals surface area (Å²) in [5.41, 5.74) is 2.10. The zero-order chi connectivity index (χ0) is 12.6. The van der Waals surface area contributed by atoms with Gasteiger partial charge in [-0.2, -0.15) is 0 Å². The van der Waals surface area contributed by atoms with Crippen LogP contribution in [0.3, 0.4) is 0 Å². The summed E-state index contributed by atoms with van der Waals surface area (Å²) in [6, 6.07) is 5.34. The molecular formula is C11H10ClN3O2. The Labute approximate surface area is 103 Å². The molecule has 0 saturated heterocycles. The first-order valence-corrected chi connectivity index (χ1v) is 5.30. The van der Waals surface area contributed by atoms with Gasteiger partial charge in [-0.3, -0.25) is 0 Å². The van der Waals surface area contributed by atoms with E-state index in [0.717, 1.165) is 11.3 Å². The van der Waals surface area contributed by atoms with Crippen molar-refractivity contribution in [1.29, 1.82) is 0 Å². The molecule has 0 fully saturated rings. The Morgan fingerprint density at radius 1 is 1.41 bits per heavy atom. The molecule has 1 heterocycles. The van der Waals surface area contributed by atoms with E-state index < -0.39 is 5.97 Å². The topological polar surface area (TPSA) is 68.0 Å². The molecule has 17 heavy (non-hydrogen) atoms. The highest BCUT2D eigenvalue weighted by Gasteiger charge is 2.17. The van der Waals surface area contributed by atoms with Crippen molar-refractivity contribution in [2.24, 2.45) is 0 Å². The molecule has 88 valence electrons. The lowest BCUT2D eigenvalue weighted by molar-refractivity contribution is 0.0689. The second-order valence-electron chi connectivity index (χ2n) is 3.67. The Hall–Kier alpha value is -1.88. The van der Waals surface area contributed by atoms with Crippen LogP contribution in [-0.2, 0) is 0 Å². The highest BCUT2D eigenvalue weighted by Crippen LogP contribution is 2.20. The van der Waals surface area contributed by atoms with Crippen LogP contribution >= 0.6 is 11.6 Å². The van der Waals surface area contributed by atoms with E-state index in [1.165, 1.54) is 4.68 Å². The Morgan fingerprint density at radius 3 is 2.71 bits per heavy atom. The Morgan fingerprint density at radius 2 is 2.12 bits per heavy atom. The van der Waals surface area contributed by atoms with E-state index in [1.807, 2.05) is 13.0 Å². The van der Waals surface area contributed by atoms with Crippen LogP contribution in [0.5, 0.6) is 0 Å². The molecule has 1 aromatic carbocycles. The minimum absolute atomic E-state index is 0.0515. The number of halogens is 1. The molecule has 2 rings (SSSR count). The van der Waals surface area contributed by atoms with E-state index in [2.05, 4.69) is 10.3 Å². The second kappa shape index (κ2) is 4.18. The van der Waals surface area contributed by atoms with Crippen molar-refractivity contribution in [1.82, 2.24) is 15.0 Å². The van der Waals surface area contributed by atoms with Crippen molar-refractivity contribution in [3.63, 3.8) is 0 Å². The predicted octanol–water partition coefficient (Wildman–Crippen LogP) is 2.24. The molecule has 6 heteroatoms. The fourth-order valence-corrected chi connectivity index (χ4v) is 1.73. The van der Waals surface area contributed by atoms with Gasteiger partial charge in [0.25, 0.3) is 0 Å². The van der Waals surface area contributed by atoms with Crippen LogP contribution in [0.1, 0.15) is 21.7 Å². The van der Waals surface area contributed by atoms with Crippen LogP contribution in [0.2, 0.25) is 5.02 Å². The van der Waals surface area contributed by atoms with Crippen molar-refractivity contribution in [2.45, 2.75) is 13.8 Å². The van der Waals surface area contributed by atoms with Gasteiger partial charge in [-0.15, -0.1) is 5.10 Å². The fourth-order valence-electron chi connectivity index (χ4n) is 1.57. The van der Waals surface area contributed by atoms with Crippen LogP contribution in [0, 0.1) is 13.8 Å². The number of aromatic nitrogens is 3. The third-order valence-corrected chi connectivity index (χ3v) is 2.73. The van der Waals surface area contributed by atoms with Crippen molar-refractivity contribution in [3.8, 4) is 5.69 Å². The first kappa shape index (κ1) is 11.6. The summed E-state index contributed by atoms with van der Waals surface area (Å²) in [6.07, 6.45) is 0. The van der Waals surface area contributed by atoms with E-state index >= 15 is 0 Å². The third kappa shape index (κ3) is 2.01. The standard InChI is InChI=1S/C11H10ClN3O2/c1-6-3-4-8(12)5-9(6)15-7(2)10(11(16)17)13-14-15/h3-5H,1-2H3,(H,16,17). The van der Waals surface area contributed by atoms with Crippen molar-refractivity contribution >= 4 is 17.6 Å². The number of carboxylic acids is 1. The molecule has 2 aromatic rings. The zero-order valence-corrected chi connectivity index (χ0v) is 10.1. The molecule has 0 amide bonds. The molecule has 0 bridgehead atoms. The van der Waals surface area contributed by atoms with Gasteiger partial charge < -0.3 is 5.11 Å². The Balaban J connectivity index is 2.61. The van der Waals surface area contributed by atoms with Crippen LogP contribution in [0.25, 0.3) is 5.69 Å². The number of hydrogen-bond donors (Lipinski definition) is 1. The van der Waals surface area contributed by atoms with E-state index in [-0.39, 0.29) is 5.69 Å². The molecule has 1 N–H and O–H groups in total. The van der Waals surface area contributed by atoms with Gasteiger partial charge in [0.1, 0.15) is 0 Å². The van der Waals surface area contributed by atoms with E-state index in [4.69, 9.17) is 16.7 Å². The summed E-state index contributed by atoms with van der Waals surface area (Å²) in [6.45, 7) is 3.55. The van der Waals surface area contributed by atoms with Gasteiger partial charge in [0.2, 0.25) is 0 Å². The molecule has 0 aliphatic rings. The van der Waals surface area contributed by atoms with E-state index in [9.17, 15) is 4.79 Å². The molecule has 0 unspecified atom stereocenters. The molecular weight excluding hydrogens is 242 g/mol. The SMILES string of the molecule is Cc1ccc(Cl)cc1-n1nnc(C(=O)O)c1C. The molecule has 0 aliphatic heterocycles. The molecule has 0 atom stereocenters. The third-order valence-electron chi connectivity index (χ3n) is 2.50. The molecule has 0 saturated carbocycles. The van der Waals surface area contributed by atoms with E-state index in [1.54, 1.807) is 19.1 Å². The van der Waals surface area contributed by atoms with Gasteiger partial charge in [-0.1, -0.05) is 22.9 Å². The maximum atomic E-state index is 10.9. The smallest absolute Gasteiger partial charge is 0.358 e. The number of carbonyl (C=O) groups is 1. The minimum atomic E-state index is -1.09. The van der Waals surface area contributed by atoms with E-state index in [0.29, 0.717) is 10.7 Å². The lowest BCUT2D eigenvalue weighted by Crippen LogP contribution is -2.04. The van der Waals surface area contributed by atoms with Gasteiger partial charge in [0, 0.05) is 5.02 Å². The van der Waals surface area contributed by atoms with Gasteiger partial charge in [-0.05, 0) is 31.5 Å². The lowest BCUT2D eigenvalue weighted by Gasteiger charge is -2.07. The number of hydrogen-bond acceptors (Lipinski definition) is 3. The van der Waals surface area contributed by atoms with Gasteiger partial charge in [0.05, 0.1) is 11.4 Å². The first-order chi connectivity index (χ1) is 8.00. The Kier molecular flexibility index (Phi) is 2.85. The number of aryl methyl sites for hydroxylation is 1. The van der Waals surface area contributed by atoms with Crippen LogP contribution in [0.4, 0.5) is 0 Å². The lowest BCUT2D eigenvalue weighted by atomic mass is 10.2. The summed E-state index contributed by atoms with van der Waals surface area (Å²) < 4.78 is 1.48. The Bertz CT molecular complexity index is 592. The van der Waals surface area contributed by atoms with Crippen molar-refractivity contribution in [3.05, 3.63) is 40.2 Å². The van der Waals surface area contributed by atoms with Gasteiger partial charge in [-0.25, -0.2) is 9.48 Å². The van der Waals surface area contributed by atoms with Crippen LogP contribution in [0.15, 0.2) is 18.2 Å². The predicted molar refractivity (Wildman–Crippen MR) is 62.8 cm³/mol. The normalized spacial score (nSPS) is 10.5. The molecule has 0 aliphatic carbocycles. The number of rotatable bonds is 2. The first-order valence-electron chi connectivity index (χ1n) is 4.93. The maximum Gasteiger partial charge on any atom is 0.358 e. The quantitative estimate of drug-likeness (QED) is 0.889. The number of nitrogens with zero attached hydrogens (tertiary/aromatic N) is 3. The second-order valence-corrected chi connectivity index (χ2v) is 4.11. The average molecular weight is 252 g/mol. The monoisotopic (exact) mass is 251 g/mol. The molecule has 5 nitrogen and oxygen atoms in total. The van der Waals surface area contributed by atoms with Crippen molar-refractivity contribution in [2.75, 3.05) is 0 Å². The molecule has 0 radical (unpaired) electrons. The van der Waals surface area contributed by atoms with Crippen LogP contribution in [-0.4, -0.2) is 26.1 Å². The summed E-state index contributed by atoms with van der Waals surface area (Å²) >= 11 is 5.91. The highest BCUT2D eigenvalue weighted by molar-refractivity contribution is 6.30. The van der Waals surface area contributed by atoms with Crippen molar-refractivity contribution < 1.29 is 9.90 Å². The number of carboxylic acid groups (broad SMARTS) is 1. The average Bonchev–Trinajstić information content (AvgIpc) is 2.64. The molecule has 1 aromatic heterocycles. The summed E-state index contributed by atoms with van der Waals surface area (Å²) in [5, 5.41) is 16.9. The fraction of sp³-hybridized carbons (Fsp3) is 0.182.